The Hall–Kier alpha value is -1.89. The van der Waals surface area contributed by atoms with Crippen LogP contribution in [0.25, 0.3) is 0 Å². The lowest BCUT2D eigenvalue weighted by molar-refractivity contribution is -0.0930. The molecule has 1 heterocycles. The van der Waals surface area contributed by atoms with Gasteiger partial charge in [-0.1, -0.05) is 12.1 Å². The smallest absolute Gasteiger partial charge is 0.350 e. The van der Waals surface area contributed by atoms with E-state index in [9.17, 15) is 17.6 Å². The van der Waals surface area contributed by atoms with E-state index >= 15 is 0 Å². The quantitative estimate of drug-likeness (QED) is 0.868. The summed E-state index contributed by atoms with van der Waals surface area (Å²) in [6, 6.07) is 5.35. The Kier molecular flexibility index (Phi) is 4.08. The molecule has 0 aliphatic carbocycles. The number of hydrogen-bond donors (Lipinski definition) is 1. The molecule has 2 N–H and O–H groups in total. The second-order valence-corrected chi connectivity index (χ2v) is 4.33. The van der Waals surface area contributed by atoms with Crippen molar-refractivity contribution in [1.82, 2.24) is 4.90 Å². The average molecular weight is 287 g/mol. The van der Waals surface area contributed by atoms with Crippen LogP contribution in [0.4, 0.5) is 17.6 Å². The molecule has 0 bridgehead atoms. The maximum absolute atomic E-state index is 12.9. The van der Waals surface area contributed by atoms with Crippen molar-refractivity contribution in [3.05, 3.63) is 47.4 Å². The number of nitrogens with two attached hydrogens (primary N) is 1. The Bertz CT molecular complexity index is 519. The first kappa shape index (κ1) is 14.5. The first-order chi connectivity index (χ1) is 9.41. The molecule has 3 nitrogen and oxygen atoms in total. The van der Waals surface area contributed by atoms with E-state index in [1.165, 1.54) is 12.1 Å². The molecule has 1 aromatic carbocycles. The van der Waals surface area contributed by atoms with Crippen LogP contribution in [0.1, 0.15) is 11.6 Å². The van der Waals surface area contributed by atoms with Crippen molar-refractivity contribution in [2.24, 2.45) is 10.7 Å². The summed E-state index contributed by atoms with van der Waals surface area (Å²) < 4.78 is 50.2. The first-order valence-corrected chi connectivity index (χ1v) is 5.94. The summed E-state index contributed by atoms with van der Waals surface area (Å²) in [7, 11) is 0. The molecule has 0 radical (unpaired) electrons. The van der Waals surface area contributed by atoms with Crippen molar-refractivity contribution < 1.29 is 17.6 Å². The highest BCUT2D eigenvalue weighted by molar-refractivity contribution is 5.60. The lowest BCUT2D eigenvalue weighted by atomic mass is 10.1. The van der Waals surface area contributed by atoms with Crippen LogP contribution in [0.2, 0.25) is 0 Å². The monoisotopic (exact) mass is 287 g/mol. The predicted octanol–water partition coefficient (Wildman–Crippen LogP) is 2.62. The van der Waals surface area contributed by atoms with E-state index in [2.05, 4.69) is 4.99 Å². The van der Waals surface area contributed by atoms with E-state index in [1.807, 2.05) is 0 Å². The van der Waals surface area contributed by atoms with Crippen LogP contribution in [0.15, 0.2) is 41.0 Å². The molecular formula is C13H13F4N3. The van der Waals surface area contributed by atoms with Gasteiger partial charge in [-0.15, -0.1) is 0 Å². The van der Waals surface area contributed by atoms with E-state index in [0.29, 0.717) is 0 Å². The van der Waals surface area contributed by atoms with Gasteiger partial charge in [0.15, 0.2) is 0 Å². The number of benzene rings is 1. The van der Waals surface area contributed by atoms with Crippen LogP contribution in [0.5, 0.6) is 0 Å². The molecule has 7 heteroatoms. The predicted molar refractivity (Wildman–Crippen MR) is 67.5 cm³/mol. The van der Waals surface area contributed by atoms with E-state index in [1.54, 1.807) is 17.0 Å². The summed E-state index contributed by atoms with van der Waals surface area (Å²) in [5, 5.41) is 0. The van der Waals surface area contributed by atoms with Crippen molar-refractivity contribution in [3.8, 4) is 0 Å². The highest BCUT2D eigenvalue weighted by Gasteiger charge is 2.35. The molecule has 0 aromatic heterocycles. The van der Waals surface area contributed by atoms with Crippen molar-refractivity contribution in [2.75, 3.05) is 13.1 Å². The molecule has 1 atom stereocenters. The molecule has 1 aliphatic heterocycles. The number of alkyl halides is 3. The SMILES string of the molecule is NCC(c1ccc(F)cc1)N1C=NC(C(F)(F)F)=CC1. The maximum atomic E-state index is 12.9. The lowest BCUT2D eigenvalue weighted by Crippen LogP contribution is -2.35. The van der Waals surface area contributed by atoms with Gasteiger partial charge in [0.25, 0.3) is 0 Å². The van der Waals surface area contributed by atoms with Crippen LogP contribution >= 0.6 is 0 Å². The molecular weight excluding hydrogens is 274 g/mol. The Morgan fingerprint density at radius 2 is 1.90 bits per heavy atom. The molecule has 0 amide bonds. The fraction of sp³-hybridized carbons (Fsp3) is 0.308. The van der Waals surface area contributed by atoms with E-state index in [0.717, 1.165) is 18.0 Å². The molecule has 1 unspecified atom stereocenters. The largest absolute Gasteiger partial charge is 0.433 e. The van der Waals surface area contributed by atoms with Gasteiger partial charge in [-0.3, -0.25) is 0 Å². The Labute approximate surface area is 113 Å². The average Bonchev–Trinajstić information content (AvgIpc) is 2.41. The number of aliphatic imine (C=N–C) groups is 1. The van der Waals surface area contributed by atoms with Gasteiger partial charge in [-0.05, 0) is 23.8 Å². The maximum Gasteiger partial charge on any atom is 0.433 e. The summed E-state index contributed by atoms with van der Waals surface area (Å²) in [5.41, 5.74) is 5.47. The van der Waals surface area contributed by atoms with Gasteiger partial charge < -0.3 is 10.6 Å². The summed E-state index contributed by atoms with van der Waals surface area (Å²) in [4.78, 5) is 4.99. The number of hydrogen-bond acceptors (Lipinski definition) is 3. The van der Waals surface area contributed by atoms with Crippen LogP contribution < -0.4 is 5.73 Å². The summed E-state index contributed by atoms with van der Waals surface area (Å²) in [6.45, 7) is 0.241. The van der Waals surface area contributed by atoms with Crippen molar-refractivity contribution in [1.29, 1.82) is 0 Å². The highest BCUT2D eigenvalue weighted by atomic mass is 19.4. The van der Waals surface area contributed by atoms with Gasteiger partial charge in [0, 0.05) is 13.1 Å². The molecule has 0 saturated heterocycles. The Balaban J connectivity index is 2.14. The summed E-state index contributed by atoms with van der Waals surface area (Å²) in [6.07, 6.45) is -2.31. The van der Waals surface area contributed by atoms with Crippen molar-refractivity contribution in [2.45, 2.75) is 12.2 Å². The zero-order chi connectivity index (χ0) is 14.8. The first-order valence-electron chi connectivity index (χ1n) is 5.94. The number of nitrogens with zero attached hydrogens (tertiary/aromatic N) is 2. The second-order valence-electron chi connectivity index (χ2n) is 4.33. The number of allylic oxidation sites excluding steroid dienone is 1. The summed E-state index contributed by atoms with van der Waals surface area (Å²) in [5.74, 6) is -0.379. The lowest BCUT2D eigenvalue weighted by Gasteiger charge is -2.30. The van der Waals surface area contributed by atoms with E-state index in [4.69, 9.17) is 5.73 Å². The molecule has 0 spiro atoms. The normalized spacial score (nSPS) is 17.1. The van der Waals surface area contributed by atoms with Gasteiger partial charge in [0.1, 0.15) is 11.5 Å². The van der Waals surface area contributed by atoms with E-state index in [-0.39, 0.29) is 24.9 Å². The van der Waals surface area contributed by atoms with Crippen LogP contribution in [-0.4, -0.2) is 30.5 Å². The molecule has 1 aromatic rings. The van der Waals surface area contributed by atoms with Gasteiger partial charge in [-0.2, -0.15) is 13.2 Å². The fourth-order valence-corrected chi connectivity index (χ4v) is 1.97. The Morgan fingerprint density at radius 1 is 1.25 bits per heavy atom. The van der Waals surface area contributed by atoms with Crippen LogP contribution in [0.3, 0.4) is 0 Å². The third kappa shape index (κ3) is 3.16. The van der Waals surface area contributed by atoms with Crippen LogP contribution in [-0.2, 0) is 0 Å². The zero-order valence-corrected chi connectivity index (χ0v) is 10.4. The van der Waals surface area contributed by atoms with Crippen LogP contribution in [0, 0.1) is 5.82 Å². The molecule has 108 valence electrons. The third-order valence-corrected chi connectivity index (χ3v) is 3.01. The molecule has 2 rings (SSSR count). The minimum atomic E-state index is -4.45. The topological polar surface area (TPSA) is 41.6 Å². The van der Waals surface area contributed by atoms with Crippen molar-refractivity contribution >= 4 is 6.34 Å². The van der Waals surface area contributed by atoms with E-state index < -0.39 is 11.9 Å². The minimum absolute atomic E-state index is 0.0532. The van der Waals surface area contributed by atoms with Gasteiger partial charge in [0.05, 0.1) is 12.4 Å². The molecule has 0 fully saturated rings. The Morgan fingerprint density at radius 3 is 2.35 bits per heavy atom. The number of halogens is 4. The van der Waals surface area contributed by atoms with Crippen molar-refractivity contribution in [3.63, 3.8) is 0 Å². The third-order valence-electron chi connectivity index (χ3n) is 3.01. The highest BCUT2D eigenvalue weighted by Crippen LogP contribution is 2.29. The zero-order valence-electron chi connectivity index (χ0n) is 10.4. The summed E-state index contributed by atoms with van der Waals surface area (Å²) >= 11 is 0. The minimum Gasteiger partial charge on any atom is -0.350 e. The molecule has 0 saturated carbocycles. The second kappa shape index (κ2) is 5.62. The fourth-order valence-electron chi connectivity index (χ4n) is 1.97. The molecule has 1 aliphatic rings. The van der Waals surface area contributed by atoms with Gasteiger partial charge in [-0.25, -0.2) is 9.38 Å². The molecule has 20 heavy (non-hydrogen) atoms. The van der Waals surface area contributed by atoms with Gasteiger partial charge in [0.2, 0.25) is 0 Å². The number of rotatable bonds is 3. The van der Waals surface area contributed by atoms with Gasteiger partial charge >= 0.3 is 6.18 Å². The standard InChI is InChI=1S/C13H13F4N3/c14-10-3-1-9(2-4-10)11(7-18)20-6-5-12(19-8-20)13(15,16)17/h1-5,8,11H,6-7,18H2.